The van der Waals surface area contributed by atoms with E-state index in [4.69, 9.17) is 9.15 Å². The van der Waals surface area contributed by atoms with Gasteiger partial charge in [-0.2, -0.15) is 5.10 Å². The lowest BCUT2D eigenvalue weighted by atomic mass is 9.97. The van der Waals surface area contributed by atoms with Gasteiger partial charge in [0.05, 0.1) is 36.6 Å². The average molecular weight is 454 g/mol. The molecule has 0 saturated heterocycles. The summed E-state index contributed by atoms with van der Waals surface area (Å²) in [6.45, 7) is 2.48. The topological polar surface area (TPSA) is 101 Å². The van der Waals surface area contributed by atoms with Crippen molar-refractivity contribution in [1.29, 1.82) is 0 Å². The van der Waals surface area contributed by atoms with Gasteiger partial charge in [-0.3, -0.25) is 9.52 Å². The zero-order chi connectivity index (χ0) is 22.7. The first-order chi connectivity index (χ1) is 15.4. The number of anilines is 1. The molecule has 1 amide bonds. The van der Waals surface area contributed by atoms with Gasteiger partial charge in [-0.1, -0.05) is 18.2 Å². The number of rotatable bonds is 7. The Hall–Kier alpha value is -3.59. The summed E-state index contributed by atoms with van der Waals surface area (Å²) in [4.78, 5) is 13.2. The molecule has 32 heavy (non-hydrogen) atoms. The van der Waals surface area contributed by atoms with E-state index in [1.54, 1.807) is 36.4 Å². The lowest BCUT2D eigenvalue weighted by molar-refractivity contribution is 0.0679. The minimum Gasteiger partial charge on any atom is -0.494 e. The number of hydrogen-bond acceptors (Lipinski definition) is 6. The van der Waals surface area contributed by atoms with Gasteiger partial charge < -0.3 is 9.15 Å². The van der Waals surface area contributed by atoms with Gasteiger partial charge in [0, 0.05) is 12.0 Å². The van der Waals surface area contributed by atoms with E-state index in [1.165, 1.54) is 11.3 Å². The van der Waals surface area contributed by atoms with Crippen LogP contribution in [0.25, 0.3) is 0 Å². The maximum Gasteiger partial charge on any atom is 0.310 e. The zero-order valence-electron chi connectivity index (χ0n) is 17.7. The van der Waals surface area contributed by atoms with Crippen molar-refractivity contribution in [2.75, 3.05) is 17.6 Å². The van der Waals surface area contributed by atoms with Gasteiger partial charge in [-0.05, 0) is 55.0 Å². The third kappa shape index (κ3) is 4.67. The fraction of sp³-hybridized carbons (Fsp3) is 0.217. The molecule has 1 atom stereocenters. The molecule has 1 aliphatic rings. The standard InChI is InChI=1S/C23H23N3O5S/c1-3-30-17-12-10-16(11-13-17)20-15-21(26(24-20)23(27)22-9-6-14-31-22)18-7-4-5-8-19(18)25-32(2,28)29/h4-14,21,25H,3,15H2,1-2H3. The highest BCUT2D eigenvalue weighted by Crippen LogP contribution is 2.37. The maximum absolute atomic E-state index is 13.2. The predicted octanol–water partition coefficient (Wildman–Crippen LogP) is 4.04. The number of hydrogen-bond donors (Lipinski definition) is 1. The quantitative estimate of drug-likeness (QED) is 0.582. The van der Waals surface area contributed by atoms with Crippen LogP contribution in [-0.2, 0) is 10.0 Å². The molecule has 0 saturated carbocycles. The van der Waals surface area contributed by atoms with Gasteiger partial charge in [0.25, 0.3) is 0 Å². The van der Waals surface area contributed by atoms with Crippen LogP contribution in [0.2, 0.25) is 0 Å². The third-order valence-corrected chi connectivity index (χ3v) is 5.55. The predicted molar refractivity (Wildman–Crippen MR) is 121 cm³/mol. The van der Waals surface area contributed by atoms with Crippen LogP contribution < -0.4 is 9.46 Å². The number of para-hydroxylation sites is 1. The molecule has 8 nitrogen and oxygen atoms in total. The van der Waals surface area contributed by atoms with Crippen LogP contribution in [0.1, 0.15) is 41.1 Å². The number of hydrazone groups is 1. The Morgan fingerprint density at radius 2 is 1.91 bits per heavy atom. The van der Waals surface area contributed by atoms with Gasteiger partial charge in [0.1, 0.15) is 5.75 Å². The molecular weight excluding hydrogens is 430 g/mol. The number of amides is 1. The molecule has 0 radical (unpaired) electrons. The van der Waals surface area contributed by atoms with Gasteiger partial charge >= 0.3 is 5.91 Å². The Bertz CT molecular complexity index is 1230. The largest absolute Gasteiger partial charge is 0.494 e. The summed E-state index contributed by atoms with van der Waals surface area (Å²) in [5.41, 5.74) is 2.59. The first-order valence-corrected chi connectivity index (χ1v) is 12.0. The van der Waals surface area contributed by atoms with Gasteiger partial charge in [0.2, 0.25) is 10.0 Å². The van der Waals surface area contributed by atoms with Crippen molar-refractivity contribution in [1.82, 2.24) is 5.01 Å². The fourth-order valence-electron chi connectivity index (χ4n) is 3.62. The summed E-state index contributed by atoms with van der Waals surface area (Å²) in [5.74, 6) is 0.493. The maximum atomic E-state index is 13.2. The van der Waals surface area contributed by atoms with Crippen LogP contribution in [0.5, 0.6) is 5.75 Å². The minimum atomic E-state index is -3.51. The third-order valence-electron chi connectivity index (χ3n) is 4.96. The molecule has 166 valence electrons. The number of carbonyl (C=O) groups excluding carboxylic acids is 1. The highest BCUT2D eigenvalue weighted by Gasteiger charge is 2.36. The van der Waals surface area contributed by atoms with E-state index in [0.29, 0.717) is 30.0 Å². The Labute approximate surface area is 186 Å². The van der Waals surface area contributed by atoms with E-state index in [0.717, 1.165) is 17.6 Å². The molecular formula is C23H23N3O5S. The second kappa shape index (κ2) is 8.88. The number of carbonyl (C=O) groups is 1. The van der Waals surface area contributed by atoms with E-state index in [1.807, 2.05) is 31.2 Å². The second-order valence-corrected chi connectivity index (χ2v) is 9.06. The molecule has 0 aliphatic carbocycles. The van der Waals surface area contributed by atoms with E-state index in [-0.39, 0.29) is 5.76 Å². The second-order valence-electron chi connectivity index (χ2n) is 7.31. The Kier molecular flexibility index (Phi) is 6.00. The smallest absolute Gasteiger partial charge is 0.310 e. The molecule has 0 fully saturated rings. The lowest BCUT2D eigenvalue weighted by Crippen LogP contribution is -2.27. The summed E-state index contributed by atoms with van der Waals surface area (Å²) in [6.07, 6.45) is 2.92. The van der Waals surface area contributed by atoms with Crippen molar-refractivity contribution in [2.24, 2.45) is 5.10 Å². The Morgan fingerprint density at radius 1 is 1.16 bits per heavy atom. The molecule has 2 heterocycles. The minimum absolute atomic E-state index is 0.153. The first-order valence-electron chi connectivity index (χ1n) is 10.1. The average Bonchev–Trinajstić information content (AvgIpc) is 3.44. The van der Waals surface area contributed by atoms with Crippen LogP contribution in [0.15, 0.2) is 76.4 Å². The first kappa shape index (κ1) is 21.6. The Balaban J connectivity index is 1.73. The molecule has 1 unspecified atom stereocenters. The monoisotopic (exact) mass is 453 g/mol. The van der Waals surface area contributed by atoms with Crippen LogP contribution in [0, 0.1) is 0 Å². The number of furan rings is 1. The molecule has 2 aromatic carbocycles. The van der Waals surface area contributed by atoms with E-state index >= 15 is 0 Å². The van der Waals surface area contributed by atoms with E-state index in [9.17, 15) is 13.2 Å². The summed E-state index contributed by atoms with van der Waals surface area (Å²) in [6, 6.07) is 17.2. The van der Waals surface area contributed by atoms with Crippen molar-refractivity contribution >= 4 is 27.3 Å². The van der Waals surface area contributed by atoms with Crippen LogP contribution in [0.4, 0.5) is 5.69 Å². The summed E-state index contributed by atoms with van der Waals surface area (Å²) in [5, 5.41) is 5.96. The van der Waals surface area contributed by atoms with E-state index < -0.39 is 22.0 Å². The van der Waals surface area contributed by atoms with Crippen molar-refractivity contribution in [3.8, 4) is 5.75 Å². The number of nitrogens with one attached hydrogen (secondary N) is 1. The van der Waals surface area contributed by atoms with Crippen molar-refractivity contribution in [3.63, 3.8) is 0 Å². The van der Waals surface area contributed by atoms with Gasteiger partial charge in [-0.15, -0.1) is 0 Å². The summed E-state index contributed by atoms with van der Waals surface area (Å²) >= 11 is 0. The molecule has 1 aromatic heterocycles. The number of benzene rings is 2. The molecule has 3 aromatic rings. The molecule has 4 rings (SSSR count). The molecule has 0 bridgehead atoms. The molecule has 0 spiro atoms. The molecule has 9 heteroatoms. The number of sulfonamides is 1. The summed E-state index contributed by atoms with van der Waals surface area (Å²) in [7, 11) is -3.51. The Morgan fingerprint density at radius 3 is 2.56 bits per heavy atom. The highest BCUT2D eigenvalue weighted by atomic mass is 32.2. The number of nitrogens with zero attached hydrogens (tertiary/aromatic N) is 2. The SMILES string of the molecule is CCOc1ccc(C2=NN(C(=O)c3ccco3)C(c3ccccc3NS(C)(=O)=O)C2)cc1. The highest BCUT2D eigenvalue weighted by molar-refractivity contribution is 7.92. The van der Waals surface area contributed by atoms with Crippen LogP contribution in [0.3, 0.4) is 0 Å². The van der Waals surface area contributed by atoms with Crippen LogP contribution in [-0.4, -0.2) is 37.9 Å². The number of ether oxygens (including phenoxy) is 1. The van der Waals surface area contributed by atoms with Crippen molar-refractivity contribution in [3.05, 3.63) is 83.8 Å². The van der Waals surface area contributed by atoms with E-state index in [2.05, 4.69) is 9.82 Å². The lowest BCUT2D eigenvalue weighted by Gasteiger charge is -2.23. The van der Waals surface area contributed by atoms with Gasteiger partial charge in [-0.25, -0.2) is 13.4 Å². The molecule has 1 N–H and O–H groups in total. The normalized spacial score (nSPS) is 16.0. The summed E-state index contributed by atoms with van der Waals surface area (Å²) < 4.78 is 37.1. The van der Waals surface area contributed by atoms with Gasteiger partial charge in [0.15, 0.2) is 5.76 Å². The fourth-order valence-corrected chi connectivity index (χ4v) is 4.20. The molecule has 1 aliphatic heterocycles. The zero-order valence-corrected chi connectivity index (χ0v) is 18.5. The van der Waals surface area contributed by atoms with Crippen molar-refractivity contribution in [2.45, 2.75) is 19.4 Å². The van der Waals surface area contributed by atoms with Crippen LogP contribution >= 0.6 is 0 Å². The van der Waals surface area contributed by atoms with Crippen molar-refractivity contribution < 1.29 is 22.4 Å².